The highest BCUT2D eigenvalue weighted by Crippen LogP contribution is 2.27. The second-order valence-electron chi connectivity index (χ2n) is 3.84. The summed E-state index contributed by atoms with van der Waals surface area (Å²) in [5.74, 6) is 1.40. The van der Waals surface area contributed by atoms with E-state index in [1.54, 1.807) is 6.20 Å². The molecule has 0 bridgehead atoms. The summed E-state index contributed by atoms with van der Waals surface area (Å²) in [6, 6.07) is 1.48. The van der Waals surface area contributed by atoms with E-state index < -0.39 is 5.95 Å². The van der Waals surface area contributed by atoms with E-state index in [0.29, 0.717) is 5.92 Å². The molecule has 1 atom stereocenters. The molecule has 1 heterocycles. The molecule has 0 aliphatic rings. The van der Waals surface area contributed by atoms with Crippen molar-refractivity contribution in [3.8, 4) is 0 Å². The van der Waals surface area contributed by atoms with E-state index in [1.807, 2.05) is 0 Å². The molecule has 1 aromatic rings. The number of pyridine rings is 1. The molecule has 0 N–H and O–H groups in total. The lowest BCUT2D eigenvalue weighted by molar-refractivity contribution is 0.577. The Labute approximate surface area is 98.3 Å². The van der Waals surface area contributed by atoms with Crippen molar-refractivity contribution in [2.75, 3.05) is 0 Å². The van der Waals surface area contributed by atoms with Crippen molar-refractivity contribution in [3.63, 3.8) is 0 Å². The van der Waals surface area contributed by atoms with Crippen LogP contribution in [0.2, 0.25) is 0 Å². The van der Waals surface area contributed by atoms with Crippen LogP contribution >= 0.6 is 22.6 Å². The van der Waals surface area contributed by atoms with E-state index in [4.69, 9.17) is 0 Å². The fourth-order valence-electron chi connectivity index (χ4n) is 1.50. The van der Waals surface area contributed by atoms with Crippen LogP contribution in [0.4, 0.5) is 4.39 Å². The first-order chi connectivity index (χ1) is 6.50. The first-order valence-electron chi connectivity index (χ1n) is 4.60. The van der Waals surface area contributed by atoms with Crippen molar-refractivity contribution in [1.29, 1.82) is 0 Å². The number of halogens is 2. The van der Waals surface area contributed by atoms with Gasteiger partial charge in [0, 0.05) is 15.8 Å². The topological polar surface area (TPSA) is 12.9 Å². The maximum absolute atomic E-state index is 12.8. The molecule has 77 valence electrons. The van der Waals surface area contributed by atoms with Crippen LogP contribution in [0.3, 0.4) is 0 Å². The van der Waals surface area contributed by atoms with Crippen LogP contribution in [0.25, 0.3) is 0 Å². The molecule has 0 aliphatic carbocycles. The number of hydrogen-bond acceptors (Lipinski definition) is 1. The minimum Gasteiger partial charge on any atom is -0.228 e. The highest BCUT2D eigenvalue weighted by atomic mass is 127. The van der Waals surface area contributed by atoms with Gasteiger partial charge in [0.25, 0.3) is 0 Å². The van der Waals surface area contributed by atoms with Gasteiger partial charge in [0.15, 0.2) is 0 Å². The summed E-state index contributed by atoms with van der Waals surface area (Å²) in [6.45, 7) is 6.37. The summed E-state index contributed by atoms with van der Waals surface area (Å²) in [4.78, 5) is 3.69. The van der Waals surface area contributed by atoms with E-state index in [1.165, 1.54) is 12.0 Å². The maximum Gasteiger partial charge on any atom is 0.213 e. The van der Waals surface area contributed by atoms with E-state index in [2.05, 4.69) is 48.3 Å². The van der Waals surface area contributed by atoms with Crippen molar-refractivity contribution in [3.05, 3.63) is 33.3 Å². The molecule has 14 heavy (non-hydrogen) atoms. The highest BCUT2D eigenvalue weighted by Gasteiger charge is 2.12. The van der Waals surface area contributed by atoms with Gasteiger partial charge >= 0.3 is 0 Å². The molecule has 1 nitrogen and oxygen atoms in total. The van der Waals surface area contributed by atoms with Gasteiger partial charge in [-0.2, -0.15) is 4.39 Å². The average molecular weight is 306 g/mol. The van der Waals surface area contributed by atoms with Gasteiger partial charge in [0.05, 0.1) is 0 Å². The number of rotatable bonds is 3. The molecule has 1 radical (unpaired) electrons. The zero-order valence-corrected chi connectivity index (χ0v) is 10.8. The van der Waals surface area contributed by atoms with E-state index in [0.717, 1.165) is 15.6 Å². The van der Waals surface area contributed by atoms with Crippen LogP contribution in [0.5, 0.6) is 0 Å². The van der Waals surface area contributed by atoms with Gasteiger partial charge in [-0.3, -0.25) is 0 Å². The molecule has 0 saturated carbocycles. The third-order valence-electron chi connectivity index (χ3n) is 2.09. The number of aromatic nitrogens is 1. The lowest BCUT2D eigenvalue weighted by Crippen LogP contribution is -2.01. The summed E-state index contributed by atoms with van der Waals surface area (Å²) < 4.78 is 13.7. The Kier molecular flexibility index (Phi) is 4.29. The predicted octanol–water partition coefficient (Wildman–Crippen LogP) is 3.93. The molecule has 1 rings (SSSR count). The van der Waals surface area contributed by atoms with Gasteiger partial charge < -0.3 is 0 Å². The Morgan fingerprint density at radius 1 is 1.57 bits per heavy atom. The SMILES string of the molecule is C[C](C)CC(C)c1cnc(F)cc1I. The first-order valence-corrected chi connectivity index (χ1v) is 5.68. The fraction of sp³-hybridized carbons (Fsp3) is 0.455. The van der Waals surface area contributed by atoms with Crippen molar-refractivity contribution < 1.29 is 4.39 Å². The van der Waals surface area contributed by atoms with Gasteiger partial charge in [0.1, 0.15) is 0 Å². The second kappa shape index (κ2) is 5.05. The first kappa shape index (κ1) is 11.9. The molecule has 0 aliphatic heterocycles. The third-order valence-corrected chi connectivity index (χ3v) is 3.03. The van der Waals surface area contributed by atoms with E-state index >= 15 is 0 Å². The smallest absolute Gasteiger partial charge is 0.213 e. The minimum absolute atomic E-state index is 0.400. The molecule has 1 unspecified atom stereocenters. The molecule has 3 heteroatoms. The van der Waals surface area contributed by atoms with Gasteiger partial charge in [0.2, 0.25) is 5.95 Å². The van der Waals surface area contributed by atoms with Crippen LogP contribution in [-0.2, 0) is 0 Å². The summed E-state index contributed by atoms with van der Waals surface area (Å²) in [5, 5.41) is 0. The molecule has 0 aromatic carbocycles. The molecule has 0 saturated heterocycles. The molecular weight excluding hydrogens is 292 g/mol. The van der Waals surface area contributed by atoms with Crippen molar-refractivity contribution in [2.24, 2.45) is 0 Å². The molecule has 0 fully saturated rings. The Hall–Kier alpha value is -0.190. The Morgan fingerprint density at radius 2 is 2.21 bits per heavy atom. The van der Waals surface area contributed by atoms with Crippen molar-refractivity contribution >= 4 is 22.6 Å². The second-order valence-corrected chi connectivity index (χ2v) is 5.00. The fourth-order valence-corrected chi connectivity index (χ4v) is 2.43. The molecule has 1 aromatic heterocycles. The lowest BCUT2D eigenvalue weighted by atomic mass is 9.93. The maximum atomic E-state index is 12.8. The lowest BCUT2D eigenvalue weighted by Gasteiger charge is -2.15. The van der Waals surface area contributed by atoms with Crippen LogP contribution < -0.4 is 0 Å². The van der Waals surface area contributed by atoms with Crippen molar-refractivity contribution in [2.45, 2.75) is 33.1 Å². The summed E-state index contributed by atoms with van der Waals surface area (Å²) in [6.07, 6.45) is 2.67. The van der Waals surface area contributed by atoms with Crippen molar-refractivity contribution in [1.82, 2.24) is 4.98 Å². The van der Waals surface area contributed by atoms with Gasteiger partial charge in [-0.05, 0) is 46.4 Å². The van der Waals surface area contributed by atoms with Gasteiger partial charge in [-0.1, -0.05) is 20.8 Å². The zero-order chi connectivity index (χ0) is 10.7. The summed E-state index contributed by atoms with van der Waals surface area (Å²) in [5.41, 5.74) is 1.13. The third kappa shape index (κ3) is 3.19. The monoisotopic (exact) mass is 306 g/mol. The number of hydrogen-bond donors (Lipinski definition) is 0. The standard InChI is InChI=1S/C11H14FIN/c1-7(2)4-8(3)9-6-14-11(12)5-10(9)13/h5-6,8H,4H2,1-3H3. The highest BCUT2D eigenvalue weighted by molar-refractivity contribution is 14.1. The van der Waals surface area contributed by atoms with Gasteiger partial charge in [-0.25, -0.2) is 4.98 Å². The zero-order valence-electron chi connectivity index (χ0n) is 8.64. The molecule has 0 spiro atoms. The van der Waals surface area contributed by atoms with E-state index in [9.17, 15) is 4.39 Å². The molecular formula is C11H14FIN. The Morgan fingerprint density at radius 3 is 2.71 bits per heavy atom. The van der Waals surface area contributed by atoms with Crippen LogP contribution in [-0.4, -0.2) is 4.98 Å². The molecule has 0 amide bonds. The van der Waals surface area contributed by atoms with Gasteiger partial charge in [-0.15, -0.1) is 0 Å². The van der Waals surface area contributed by atoms with Crippen LogP contribution in [0.15, 0.2) is 12.3 Å². The summed E-state index contributed by atoms with van der Waals surface area (Å²) >= 11 is 2.16. The average Bonchev–Trinajstić information content (AvgIpc) is 2.01. The number of nitrogens with zero attached hydrogens (tertiary/aromatic N) is 1. The van der Waals surface area contributed by atoms with E-state index in [-0.39, 0.29) is 0 Å². The Balaban J connectivity index is 2.84. The normalized spacial score (nSPS) is 13.3. The minimum atomic E-state index is -0.400. The largest absolute Gasteiger partial charge is 0.228 e. The summed E-state index contributed by atoms with van der Waals surface area (Å²) in [7, 11) is 0. The quantitative estimate of drug-likeness (QED) is 0.609. The van der Waals surface area contributed by atoms with Crippen LogP contribution in [0.1, 0.15) is 38.7 Å². The predicted molar refractivity (Wildman–Crippen MR) is 64.5 cm³/mol. The van der Waals surface area contributed by atoms with Crippen LogP contribution in [0, 0.1) is 15.4 Å². The Bertz CT molecular complexity index is 312.